The highest BCUT2D eigenvalue weighted by Crippen LogP contribution is 2.27. The molecule has 0 spiro atoms. The van der Waals surface area contributed by atoms with Gasteiger partial charge in [0.05, 0.1) is 17.7 Å². The molecule has 0 aliphatic heterocycles. The molecule has 0 atom stereocenters. The summed E-state index contributed by atoms with van der Waals surface area (Å²) in [4.78, 5) is 12.7. The largest absolute Gasteiger partial charge is 0.508 e. The minimum atomic E-state index is -3.81. The molecule has 30 heavy (non-hydrogen) atoms. The number of benzene rings is 2. The Morgan fingerprint density at radius 1 is 1.17 bits per heavy atom. The van der Waals surface area contributed by atoms with E-state index in [-0.39, 0.29) is 23.2 Å². The van der Waals surface area contributed by atoms with E-state index in [9.17, 15) is 18.3 Å². The first-order valence-corrected chi connectivity index (χ1v) is 11.5. The van der Waals surface area contributed by atoms with Gasteiger partial charge in [-0.25, -0.2) is 13.8 Å². The van der Waals surface area contributed by atoms with Crippen LogP contribution in [0.5, 0.6) is 5.75 Å². The predicted molar refractivity (Wildman–Crippen MR) is 116 cm³/mol. The molecule has 1 amide bonds. The van der Waals surface area contributed by atoms with Crippen LogP contribution in [0.1, 0.15) is 43.2 Å². The maximum atomic E-state index is 13.3. The minimum Gasteiger partial charge on any atom is -0.508 e. The van der Waals surface area contributed by atoms with E-state index >= 15 is 0 Å². The van der Waals surface area contributed by atoms with Crippen molar-refractivity contribution < 1.29 is 18.3 Å². The molecule has 0 unspecified atom stereocenters. The number of rotatable bonds is 7. The molecule has 0 aromatic heterocycles. The Hall–Kier alpha value is -2.71. The average molecular weight is 430 g/mol. The Kier molecular flexibility index (Phi) is 7.23. The van der Waals surface area contributed by atoms with Crippen LogP contribution in [0.2, 0.25) is 0 Å². The topological polar surface area (TPSA) is 99.1 Å². The lowest BCUT2D eigenvalue weighted by Gasteiger charge is -2.32. The molecule has 8 heteroatoms. The van der Waals surface area contributed by atoms with Gasteiger partial charge in [-0.3, -0.25) is 4.79 Å². The third kappa shape index (κ3) is 5.67. The fraction of sp³-hybridized carbons (Fsp3) is 0.364. The van der Waals surface area contributed by atoms with Gasteiger partial charge in [-0.2, -0.15) is 9.41 Å². The monoisotopic (exact) mass is 429 g/mol. The summed E-state index contributed by atoms with van der Waals surface area (Å²) in [6.45, 7) is 1.60. The van der Waals surface area contributed by atoms with Gasteiger partial charge in [0.25, 0.3) is 5.91 Å². The number of carbonyl (C=O) groups excluding carboxylic acids is 1. The third-order valence-corrected chi connectivity index (χ3v) is 7.09. The van der Waals surface area contributed by atoms with Crippen LogP contribution in [0, 0.1) is 6.92 Å². The van der Waals surface area contributed by atoms with Crippen molar-refractivity contribution in [1.29, 1.82) is 0 Å². The normalized spacial score (nSPS) is 15.5. The van der Waals surface area contributed by atoms with Crippen molar-refractivity contribution in [1.82, 2.24) is 9.73 Å². The van der Waals surface area contributed by atoms with Crippen LogP contribution >= 0.6 is 0 Å². The minimum absolute atomic E-state index is 0.0953. The van der Waals surface area contributed by atoms with Crippen molar-refractivity contribution in [2.45, 2.75) is 50.0 Å². The smallest absolute Gasteiger partial charge is 0.255 e. The van der Waals surface area contributed by atoms with Gasteiger partial charge < -0.3 is 5.11 Å². The molecule has 3 rings (SSSR count). The number of aromatic hydroxyl groups is 1. The molecule has 160 valence electrons. The molecular formula is C22H27N3O4S. The molecule has 7 nitrogen and oxygen atoms in total. The van der Waals surface area contributed by atoms with Crippen molar-refractivity contribution in [2.75, 3.05) is 6.54 Å². The highest BCUT2D eigenvalue weighted by molar-refractivity contribution is 7.89. The van der Waals surface area contributed by atoms with Crippen molar-refractivity contribution in [3.63, 3.8) is 0 Å². The van der Waals surface area contributed by atoms with E-state index in [2.05, 4.69) is 10.5 Å². The average Bonchev–Trinajstić information content (AvgIpc) is 2.73. The van der Waals surface area contributed by atoms with Crippen molar-refractivity contribution >= 4 is 22.1 Å². The van der Waals surface area contributed by atoms with Gasteiger partial charge in [0.15, 0.2) is 0 Å². The summed E-state index contributed by atoms with van der Waals surface area (Å²) in [5.41, 5.74) is 3.98. The van der Waals surface area contributed by atoms with Crippen LogP contribution in [0.4, 0.5) is 0 Å². The van der Waals surface area contributed by atoms with Gasteiger partial charge in [0, 0.05) is 6.04 Å². The summed E-state index contributed by atoms with van der Waals surface area (Å²) >= 11 is 0. The van der Waals surface area contributed by atoms with E-state index in [0.29, 0.717) is 5.56 Å². The molecule has 0 heterocycles. The molecule has 0 radical (unpaired) electrons. The second kappa shape index (κ2) is 9.86. The van der Waals surface area contributed by atoms with E-state index < -0.39 is 15.9 Å². The van der Waals surface area contributed by atoms with Gasteiger partial charge >= 0.3 is 0 Å². The van der Waals surface area contributed by atoms with Gasteiger partial charge in [-0.1, -0.05) is 49.1 Å². The Morgan fingerprint density at radius 2 is 1.87 bits per heavy atom. The second-order valence-electron chi connectivity index (χ2n) is 7.54. The van der Waals surface area contributed by atoms with Crippen LogP contribution in [0.3, 0.4) is 0 Å². The summed E-state index contributed by atoms with van der Waals surface area (Å²) in [7, 11) is -3.81. The van der Waals surface area contributed by atoms with E-state index in [0.717, 1.165) is 37.7 Å². The molecule has 2 aromatic rings. The highest BCUT2D eigenvalue weighted by Gasteiger charge is 2.33. The molecule has 2 aromatic carbocycles. The number of phenols is 1. The fourth-order valence-corrected chi connectivity index (χ4v) is 5.23. The van der Waals surface area contributed by atoms with Gasteiger partial charge in [0.1, 0.15) is 5.75 Å². The Labute approximate surface area is 177 Å². The van der Waals surface area contributed by atoms with Gasteiger partial charge in [-0.15, -0.1) is 0 Å². The van der Waals surface area contributed by atoms with E-state index in [1.54, 1.807) is 36.4 Å². The van der Waals surface area contributed by atoms with Crippen molar-refractivity contribution in [3.8, 4) is 5.75 Å². The predicted octanol–water partition coefficient (Wildman–Crippen LogP) is 3.17. The summed E-state index contributed by atoms with van der Waals surface area (Å²) in [5.74, 6) is -0.411. The molecule has 0 saturated heterocycles. The first-order valence-electron chi connectivity index (χ1n) is 10.1. The summed E-state index contributed by atoms with van der Waals surface area (Å²) in [6.07, 6.45) is 5.85. The van der Waals surface area contributed by atoms with E-state index in [1.807, 2.05) is 6.92 Å². The summed E-state index contributed by atoms with van der Waals surface area (Å²) in [5, 5.41) is 13.4. The second-order valence-corrected chi connectivity index (χ2v) is 9.43. The van der Waals surface area contributed by atoms with E-state index in [4.69, 9.17) is 0 Å². The number of phenolic OH excluding ortho intramolecular Hbond substituents is 1. The van der Waals surface area contributed by atoms with Crippen LogP contribution in [0.25, 0.3) is 0 Å². The molecule has 0 bridgehead atoms. The lowest BCUT2D eigenvalue weighted by atomic mass is 9.95. The van der Waals surface area contributed by atoms with E-state index in [1.165, 1.54) is 22.7 Å². The maximum absolute atomic E-state index is 13.3. The fourth-order valence-electron chi connectivity index (χ4n) is 3.59. The quantitative estimate of drug-likeness (QED) is 0.522. The lowest BCUT2D eigenvalue weighted by Crippen LogP contribution is -2.46. The standard InChI is InChI=1S/C22H27N3O4S/c1-17-10-12-21(13-11-17)30(28,29)25(19-7-3-2-4-8-19)16-22(27)24-23-15-18-6-5-9-20(26)14-18/h5-6,9-15,19,26H,2-4,7-8,16H2,1H3,(H,24,27)/b23-15-. The number of hydrazone groups is 1. The van der Waals surface area contributed by atoms with Crippen LogP contribution in [-0.2, 0) is 14.8 Å². The molecule has 1 aliphatic rings. The highest BCUT2D eigenvalue weighted by atomic mass is 32.2. The first kappa shape index (κ1) is 22.0. The number of aryl methyl sites for hydroxylation is 1. The number of sulfonamides is 1. The van der Waals surface area contributed by atoms with Crippen LogP contribution in [0.15, 0.2) is 58.5 Å². The van der Waals surface area contributed by atoms with Gasteiger partial charge in [-0.05, 0) is 49.6 Å². The summed E-state index contributed by atoms with van der Waals surface area (Å²) in [6, 6.07) is 12.9. The number of hydrogen-bond donors (Lipinski definition) is 2. The van der Waals surface area contributed by atoms with Gasteiger partial charge in [0.2, 0.25) is 10.0 Å². The van der Waals surface area contributed by atoms with Crippen LogP contribution < -0.4 is 5.43 Å². The zero-order valence-corrected chi connectivity index (χ0v) is 17.8. The van der Waals surface area contributed by atoms with Crippen molar-refractivity contribution in [3.05, 3.63) is 59.7 Å². The number of amides is 1. The molecule has 1 aliphatic carbocycles. The zero-order chi connectivity index (χ0) is 21.6. The first-order chi connectivity index (χ1) is 14.4. The number of hydrogen-bond acceptors (Lipinski definition) is 5. The molecular weight excluding hydrogens is 402 g/mol. The van der Waals surface area contributed by atoms with Crippen LogP contribution in [-0.4, -0.2) is 42.5 Å². The maximum Gasteiger partial charge on any atom is 0.255 e. The summed E-state index contributed by atoms with van der Waals surface area (Å²) < 4.78 is 27.9. The molecule has 1 saturated carbocycles. The number of carbonyl (C=O) groups is 1. The molecule has 1 fully saturated rings. The zero-order valence-electron chi connectivity index (χ0n) is 17.0. The third-order valence-electron chi connectivity index (χ3n) is 5.18. The number of nitrogens with zero attached hydrogens (tertiary/aromatic N) is 2. The molecule has 2 N–H and O–H groups in total. The Bertz CT molecular complexity index is 997. The Morgan fingerprint density at radius 3 is 2.53 bits per heavy atom. The lowest BCUT2D eigenvalue weighted by molar-refractivity contribution is -0.121. The number of nitrogens with one attached hydrogen (secondary N) is 1. The van der Waals surface area contributed by atoms with Crippen molar-refractivity contribution in [2.24, 2.45) is 5.10 Å². The Balaban J connectivity index is 1.75. The SMILES string of the molecule is Cc1ccc(S(=O)(=O)N(CC(=O)N/N=C\c2cccc(O)c2)C2CCCCC2)cc1.